The van der Waals surface area contributed by atoms with Gasteiger partial charge in [-0.15, -0.1) is 0 Å². The van der Waals surface area contributed by atoms with Gasteiger partial charge in [0.1, 0.15) is 0 Å². The zero-order chi connectivity index (χ0) is 12.3. The highest BCUT2D eigenvalue weighted by Crippen LogP contribution is 2.14. The van der Waals surface area contributed by atoms with Crippen LogP contribution in [0.3, 0.4) is 0 Å². The lowest BCUT2D eigenvalue weighted by molar-refractivity contribution is 0.528. The molecule has 1 N–H and O–H groups in total. The molecular weight excluding hydrogens is 236 g/mol. The van der Waals surface area contributed by atoms with E-state index in [1.807, 2.05) is 18.2 Å². The summed E-state index contributed by atoms with van der Waals surface area (Å²) < 4.78 is 6.65. The molecule has 2 rings (SSSR count). The van der Waals surface area contributed by atoms with Crippen molar-refractivity contribution < 1.29 is 4.42 Å². The number of hydrogen-bond acceptors (Lipinski definition) is 4. The Kier molecular flexibility index (Phi) is 3.91. The molecule has 92 valence electrons. The van der Waals surface area contributed by atoms with Crippen LogP contribution < -0.4 is 11.1 Å². The highest BCUT2D eigenvalue weighted by Gasteiger charge is 2.05. The molecule has 2 aromatic rings. The number of rotatable bonds is 5. The second-order valence-corrected chi connectivity index (χ2v) is 4.40. The minimum atomic E-state index is -0.314. The van der Waals surface area contributed by atoms with E-state index in [9.17, 15) is 4.79 Å². The van der Waals surface area contributed by atoms with Crippen molar-refractivity contribution >= 4 is 23.7 Å². The van der Waals surface area contributed by atoms with Crippen molar-refractivity contribution in [1.82, 2.24) is 9.88 Å². The van der Waals surface area contributed by atoms with Crippen LogP contribution in [0, 0.1) is 0 Å². The molecule has 0 radical (unpaired) electrons. The maximum absolute atomic E-state index is 11.3. The molecule has 0 saturated carbocycles. The molecular formula is C12H16N2O2S. The van der Waals surface area contributed by atoms with Gasteiger partial charge < -0.3 is 9.73 Å². The average Bonchev–Trinajstić information content (AvgIpc) is 2.61. The number of fused-ring (bicyclic) bond motifs is 1. The number of benzene rings is 1. The minimum absolute atomic E-state index is 0.314. The van der Waals surface area contributed by atoms with Gasteiger partial charge in [-0.2, -0.15) is 12.6 Å². The van der Waals surface area contributed by atoms with Crippen molar-refractivity contribution in [2.45, 2.75) is 6.42 Å². The topological polar surface area (TPSA) is 47.2 Å². The van der Waals surface area contributed by atoms with Crippen molar-refractivity contribution in [2.24, 2.45) is 7.05 Å². The summed E-state index contributed by atoms with van der Waals surface area (Å²) in [6, 6.07) is 5.88. The quantitative estimate of drug-likeness (QED) is 0.621. The van der Waals surface area contributed by atoms with Crippen molar-refractivity contribution in [2.75, 3.05) is 18.8 Å². The van der Waals surface area contributed by atoms with Gasteiger partial charge in [0, 0.05) is 19.3 Å². The Balaban J connectivity index is 2.12. The lowest BCUT2D eigenvalue weighted by atomic mass is 10.1. The van der Waals surface area contributed by atoms with Gasteiger partial charge >= 0.3 is 5.76 Å². The second kappa shape index (κ2) is 5.42. The molecule has 4 nitrogen and oxygen atoms in total. The summed E-state index contributed by atoms with van der Waals surface area (Å²) in [6.07, 6.45) is 0.919. The van der Waals surface area contributed by atoms with E-state index in [2.05, 4.69) is 17.9 Å². The Morgan fingerprint density at radius 1 is 1.41 bits per heavy atom. The molecule has 0 aliphatic rings. The van der Waals surface area contributed by atoms with Gasteiger partial charge in [-0.1, -0.05) is 6.07 Å². The fourth-order valence-corrected chi connectivity index (χ4v) is 1.93. The van der Waals surface area contributed by atoms with Gasteiger partial charge in [0.25, 0.3) is 0 Å². The van der Waals surface area contributed by atoms with Crippen molar-refractivity contribution in [3.8, 4) is 0 Å². The van der Waals surface area contributed by atoms with Crippen LogP contribution in [0.5, 0.6) is 0 Å². The Morgan fingerprint density at radius 2 is 2.24 bits per heavy atom. The molecule has 0 aliphatic carbocycles. The van der Waals surface area contributed by atoms with Crippen LogP contribution in [-0.4, -0.2) is 23.4 Å². The molecule has 0 amide bonds. The summed E-state index contributed by atoms with van der Waals surface area (Å²) in [5.74, 6) is 0.525. The fourth-order valence-electron chi connectivity index (χ4n) is 1.77. The number of nitrogens with zero attached hydrogens (tertiary/aromatic N) is 1. The van der Waals surface area contributed by atoms with E-state index in [1.54, 1.807) is 7.05 Å². The van der Waals surface area contributed by atoms with Crippen LogP contribution in [0.4, 0.5) is 0 Å². The molecule has 0 fully saturated rings. The number of thiol groups is 1. The van der Waals surface area contributed by atoms with Crippen LogP contribution in [0.25, 0.3) is 11.1 Å². The van der Waals surface area contributed by atoms with Gasteiger partial charge in [0.05, 0.1) is 5.52 Å². The summed E-state index contributed by atoms with van der Waals surface area (Å²) in [5, 5.41) is 3.27. The maximum Gasteiger partial charge on any atom is 0.419 e. The van der Waals surface area contributed by atoms with Gasteiger partial charge in [0.15, 0.2) is 5.58 Å². The monoisotopic (exact) mass is 252 g/mol. The van der Waals surface area contributed by atoms with Crippen LogP contribution in [0.1, 0.15) is 5.56 Å². The third kappa shape index (κ3) is 2.73. The number of aryl methyl sites for hydroxylation is 1. The summed E-state index contributed by atoms with van der Waals surface area (Å²) in [4.78, 5) is 11.3. The number of nitrogens with one attached hydrogen (secondary N) is 1. The first-order valence-electron chi connectivity index (χ1n) is 5.62. The van der Waals surface area contributed by atoms with E-state index in [0.29, 0.717) is 5.58 Å². The normalized spacial score (nSPS) is 11.2. The second-order valence-electron chi connectivity index (χ2n) is 3.95. The Labute approximate surface area is 105 Å². The molecule has 0 aliphatic heterocycles. The summed E-state index contributed by atoms with van der Waals surface area (Å²) in [7, 11) is 1.71. The van der Waals surface area contributed by atoms with Crippen LogP contribution >= 0.6 is 12.6 Å². The Morgan fingerprint density at radius 3 is 3.00 bits per heavy atom. The number of aromatic nitrogens is 1. The van der Waals surface area contributed by atoms with E-state index >= 15 is 0 Å². The average molecular weight is 252 g/mol. The molecule has 0 spiro atoms. The first kappa shape index (κ1) is 12.3. The van der Waals surface area contributed by atoms with Gasteiger partial charge in [-0.3, -0.25) is 4.57 Å². The van der Waals surface area contributed by atoms with Gasteiger partial charge in [0.2, 0.25) is 0 Å². The zero-order valence-electron chi connectivity index (χ0n) is 9.77. The van der Waals surface area contributed by atoms with Crippen molar-refractivity contribution in [1.29, 1.82) is 0 Å². The van der Waals surface area contributed by atoms with Gasteiger partial charge in [-0.25, -0.2) is 4.79 Å². The summed E-state index contributed by atoms with van der Waals surface area (Å²) in [6.45, 7) is 1.81. The summed E-state index contributed by atoms with van der Waals surface area (Å²) in [5.41, 5.74) is 2.66. The molecule has 17 heavy (non-hydrogen) atoms. The van der Waals surface area contributed by atoms with Crippen LogP contribution in [0.15, 0.2) is 27.4 Å². The number of oxazole rings is 1. The van der Waals surface area contributed by atoms with Crippen LogP contribution in [-0.2, 0) is 13.5 Å². The van der Waals surface area contributed by atoms with E-state index in [1.165, 1.54) is 10.1 Å². The lowest BCUT2D eigenvalue weighted by Crippen LogP contribution is -2.19. The predicted molar refractivity (Wildman–Crippen MR) is 71.9 cm³/mol. The molecule has 1 heterocycles. The first-order valence-corrected chi connectivity index (χ1v) is 6.25. The zero-order valence-corrected chi connectivity index (χ0v) is 10.7. The standard InChI is InChI=1S/C12H16N2O2S/c1-14-10-3-2-9(4-5-13-6-7-17)8-11(10)16-12(14)15/h2-3,8,13,17H,4-7H2,1H3. The molecule has 1 aromatic heterocycles. The molecule has 1 aromatic carbocycles. The van der Waals surface area contributed by atoms with E-state index in [0.717, 1.165) is 30.8 Å². The third-order valence-corrected chi connectivity index (χ3v) is 2.96. The number of hydrogen-bond donors (Lipinski definition) is 2. The van der Waals surface area contributed by atoms with E-state index in [4.69, 9.17) is 4.42 Å². The first-order chi connectivity index (χ1) is 8.22. The Hall–Kier alpha value is -1.20. The highest BCUT2D eigenvalue weighted by molar-refractivity contribution is 7.80. The molecule has 0 atom stereocenters. The minimum Gasteiger partial charge on any atom is -0.408 e. The third-order valence-electron chi connectivity index (χ3n) is 2.74. The van der Waals surface area contributed by atoms with Crippen LogP contribution in [0.2, 0.25) is 0 Å². The Bertz CT molecular complexity index is 559. The fraction of sp³-hybridized carbons (Fsp3) is 0.417. The molecule has 5 heteroatoms. The lowest BCUT2D eigenvalue weighted by Gasteiger charge is -2.03. The molecule has 0 unspecified atom stereocenters. The SMILES string of the molecule is Cn1c(=O)oc2cc(CCNCCS)ccc21. The largest absolute Gasteiger partial charge is 0.419 e. The van der Waals surface area contributed by atoms with E-state index in [-0.39, 0.29) is 5.76 Å². The molecule has 0 saturated heterocycles. The van der Waals surface area contributed by atoms with Gasteiger partial charge in [-0.05, 0) is 30.7 Å². The smallest absolute Gasteiger partial charge is 0.408 e. The maximum atomic E-state index is 11.3. The molecule has 0 bridgehead atoms. The van der Waals surface area contributed by atoms with Crippen molar-refractivity contribution in [3.63, 3.8) is 0 Å². The van der Waals surface area contributed by atoms with Crippen molar-refractivity contribution in [3.05, 3.63) is 34.3 Å². The highest BCUT2D eigenvalue weighted by atomic mass is 32.1. The predicted octanol–water partition coefficient (Wildman–Crippen LogP) is 1.19. The van der Waals surface area contributed by atoms with E-state index < -0.39 is 0 Å². The summed E-state index contributed by atoms with van der Waals surface area (Å²) >= 11 is 4.13.